The van der Waals surface area contributed by atoms with Gasteiger partial charge in [-0.2, -0.15) is 11.8 Å². The Hall–Kier alpha value is -0.480. The largest absolute Gasteiger partial charge is 0.345 e. The third-order valence-corrected chi connectivity index (χ3v) is 4.83. The minimum atomic E-state index is 0.384. The van der Waals surface area contributed by atoms with Crippen LogP contribution in [0.3, 0.4) is 0 Å². The van der Waals surface area contributed by atoms with Crippen molar-refractivity contribution in [1.82, 2.24) is 15.3 Å². The zero-order chi connectivity index (χ0) is 12.0. The average Bonchev–Trinajstić information content (AvgIpc) is 2.71. The molecule has 0 amide bonds. The van der Waals surface area contributed by atoms with Gasteiger partial charge in [-0.15, -0.1) is 0 Å². The van der Waals surface area contributed by atoms with Crippen molar-refractivity contribution in [2.24, 2.45) is 0 Å². The van der Waals surface area contributed by atoms with Gasteiger partial charge in [0.15, 0.2) is 0 Å². The maximum atomic E-state index is 4.19. The molecule has 0 aliphatic carbocycles. The van der Waals surface area contributed by atoms with Gasteiger partial charge in [0, 0.05) is 29.7 Å². The van der Waals surface area contributed by atoms with E-state index < -0.39 is 0 Å². The molecule has 0 fully saturated rings. The zero-order valence-corrected chi connectivity index (χ0v) is 11.6. The van der Waals surface area contributed by atoms with Crippen LogP contribution in [0.1, 0.15) is 38.2 Å². The lowest BCUT2D eigenvalue weighted by Gasteiger charge is -2.29. The van der Waals surface area contributed by atoms with Crippen LogP contribution in [-0.2, 0) is 6.54 Å². The van der Waals surface area contributed by atoms with Gasteiger partial charge in [0.2, 0.25) is 0 Å². The Kier molecular flexibility index (Phi) is 5.35. The number of aryl methyl sites for hydroxylation is 1. The van der Waals surface area contributed by atoms with Crippen LogP contribution < -0.4 is 5.32 Å². The maximum absolute atomic E-state index is 4.19. The van der Waals surface area contributed by atoms with Gasteiger partial charge < -0.3 is 10.3 Å². The van der Waals surface area contributed by atoms with Crippen molar-refractivity contribution in [3.8, 4) is 0 Å². The predicted octanol–water partition coefficient (Wildman–Crippen LogP) is 2.73. The number of nitrogens with zero attached hydrogens (tertiary/aromatic N) is 1. The van der Waals surface area contributed by atoms with E-state index in [4.69, 9.17) is 0 Å². The van der Waals surface area contributed by atoms with Crippen LogP contribution in [0.4, 0.5) is 0 Å². The normalized spacial score (nSPS) is 12.0. The highest BCUT2D eigenvalue weighted by Gasteiger charge is 2.23. The van der Waals surface area contributed by atoms with Gasteiger partial charge in [-0.05, 0) is 26.0 Å². The predicted molar refractivity (Wildman–Crippen MR) is 71.9 cm³/mol. The Bertz CT molecular complexity index is 297. The summed E-state index contributed by atoms with van der Waals surface area (Å²) in [5.74, 6) is 0.985. The third kappa shape index (κ3) is 3.52. The molecule has 0 radical (unpaired) electrons. The summed E-state index contributed by atoms with van der Waals surface area (Å²) in [6, 6.07) is 0. The fraction of sp³-hybridized carbons (Fsp3) is 0.750. The summed E-state index contributed by atoms with van der Waals surface area (Å²) >= 11 is 1.97. The smallest absolute Gasteiger partial charge is 0.103 e. The number of thioether (sulfide) groups is 1. The van der Waals surface area contributed by atoms with Crippen molar-refractivity contribution in [2.75, 3.05) is 12.8 Å². The van der Waals surface area contributed by atoms with Crippen LogP contribution in [-0.4, -0.2) is 27.5 Å². The van der Waals surface area contributed by atoms with Crippen molar-refractivity contribution in [2.45, 2.75) is 44.9 Å². The van der Waals surface area contributed by atoms with E-state index in [9.17, 15) is 0 Å². The third-order valence-electron chi connectivity index (χ3n) is 3.24. The number of hydrogen-bond donors (Lipinski definition) is 2. The summed E-state index contributed by atoms with van der Waals surface area (Å²) in [4.78, 5) is 7.43. The second kappa shape index (κ2) is 6.30. The molecule has 1 aromatic heterocycles. The number of rotatable bonds is 7. The lowest BCUT2D eigenvalue weighted by Crippen LogP contribution is -2.36. The van der Waals surface area contributed by atoms with Gasteiger partial charge in [0.1, 0.15) is 5.82 Å². The van der Waals surface area contributed by atoms with E-state index in [1.165, 1.54) is 18.5 Å². The molecule has 0 spiro atoms. The fourth-order valence-corrected chi connectivity index (χ4v) is 2.67. The molecule has 1 heterocycles. The molecule has 0 aromatic carbocycles. The monoisotopic (exact) mass is 241 g/mol. The second-order valence-electron chi connectivity index (χ2n) is 4.19. The van der Waals surface area contributed by atoms with Gasteiger partial charge in [0.25, 0.3) is 0 Å². The number of aromatic nitrogens is 2. The Morgan fingerprint density at radius 2 is 2.12 bits per heavy atom. The van der Waals surface area contributed by atoms with Crippen molar-refractivity contribution in [1.29, 1.82) is 0 Å². The molecule has 1 rings (SSSR count). The highest BCUT2D eigenvalue weighted by molar-refractivity contribution is 8.00. The molecule has 0 atom stereocenters. The summed E-state index contributed by atoms with van der Waals surface area (Å²) in [5, 5.41) is 3.52. The van der Waals surface area contributed by atoms with Crippen LogP contribution >= 0.6 is 11.8 Å². The van der Waals surface area contributed by atoms with Crippen LogP contribution in [0.25, 0.3) is 0 Å². The molecule has 16 heavy (non-hydrogen) atoms. The second-order valence-corrected chi connectivity index (χ2v) is 5.47. The quantitative estimate of drug-likeness (QED) is 0.771. The first-order valence-electron chi connectivity index (χ1n) is 5.92. The first-order valence-corrected chi connectivity index (χ1v) is 7.14. The van der Waals surface area contributed by atoms with Crippen LogP contribution in [0, 0.1) is 6.92 Å². The van der Waals surface area contributed by atoms with Crippen molar-refractivity contribution in [3.63, 3.8) is 0 Å². The summed E-state index contributed by atoms with van der Waals surface area (Å²) in [5.41, 5.74) is 1.17. The number of nitrogens with one attached hydrogen (secondary N) is 2. The van der Waals surface area contributed by atoms with E-state index >= 15 is 0 Å². The van der Waals surface area contributed by atoms with Crippen molar-refractivity contribution >= 4 is 11.8 Å². The van der Waals surface area contributed by atoms with E-state index in [0.717, 1.165) is 18.9 Å². The summed E-state index contributed by atoms with van der Waals surface area (Å²) in [6.45, 7) is 8.44. The zero-order valence-electron chi connectivity index (χ0n) is 10.8. The van der Waals surface area contributed by atoms with Gasteiger partial charge in [-0.25, -0.2) is 4.98 Å². The average molecular weight is 241 g/mol. The minimum absolute atomic E-state index is 0.384. The Morgan fingerprint density at radius 1 is 1.44 bits per heavy atom. The summed E-state index contributed by atoms with van der Waals surface area (Å²) in [7, 11) is 0. The molecule has 1 aromatic rings. The molecule has 3 nitrogen and oxygen atoms in total. The number of imidazole rings is 1. The summed E-state index contributed by atoms with van der Waals surface area (Å²) in [6.07, 6.45) is 6.52. The fourth-order valence-electron chi connectivity index (χ4n) is 1.85. The molecule has 0 aliphatic rings. The highest BCUT2D eigenvalue weighted by Crippen LogP contribution is 2.29. The standard InChI is InChI=1S/C12H23N3S/c1-5-12(6-2,16-4)9-13-7-11-8-14-10(3)15-11/h8,13H,5-7,9H2,1-4H3,(H,14,15). The lowest BCUT2D eigenvalue weighted by atomic mass is 10.0. The lowest BCUT2D eigenvalue weighted by molar-refractivity contribution is 0.493. The van der Waals surface area contributed by atoms with Crippen molar-refractivity contribution in [3.05, 3.63) is 17.7 Å². The molecule has 0 bridgehead atoms. The number of aromatic amines is 1. The molecular formula is C12H23N3S. The van der Waals surface area contributed by atoms with E-state index in [0.29, 0.717) is 4.75 Å². The van der Waals surface area contributed by atoms with E-state index in [1.54, 1.807) is 0 Å². The molecule has 4 heteroatoms. The van der Waals surface area contributed by atoms with E-state index in [1.807, 2.05) is 24.9 Å². The molecule has 2 N–H and O–H groups in total. The summed E-state index contributed by atoms with van der Waals surface area (Å²) < 4.78 is 0.384. The van der Waals surface area contributed by atoms with E-state index in [2.05, 4.69) is 35.4 Å². The highest BCUT2D eigenvalue weighted by atomic mass is 32.2. The Labute approximate surface area is 103 Å². The number of H-pyrrole nitrogens is 1. The van der Waals surface area contributed by atoms with Gasteiger partial charge in [-0.1, -0.05) is 13.8 Å². The van der Waals surface area contributed by atoms with Gasteiger partial charge >= 0.3 is 0 Å². The van der Waals surface area contributed by atoms with E-state index in [-0.39, 0.29) is 0 Å². The first-order chi connectivity index (χ1) is 7.65. The molecular weight excluding hydrogens is 218 g/mol. The number of hydrogen-bond acceptors (Lipinski definition) is 3. The molecule has 92 valence electrons. The first kappa shape index (κ1) is 13.6. The van der Waals surface area contributed by atoms with Gasteiger partial charge in [-0.3, -0.25) is 0 Å². The minimum Gasteiger partial charge on any atom is -0.345 e. The van der Waals surface area contributed by atoms with Crippen LogP contribution in [0.15, 0.2) is 6.20 Å². The van der Waals surface area contributed by atoms with Crippen LogP contribution in [0.5, 0.6) is 0 Å². The van der Waals surface area contributed by atoms with Crippen LogP contribution in [0.2, 0.25) is 0 Å². The SMILES string of the molecule is CCC(CC)(CNCc1cnc(C)[nH]1)SC. The van der Waals surface area contributed by atoms with Crippen molar-refractivity contribution < 1.29 is 0 Å². The molecule has 0 saturated heterocycles. The molecule has 0 saturated carbocycles. The van der Waals surface area contributed by atoms with Gasteiger partial charge in [0.05, 0.1) is 0 Å². The Morgan fingerprint density at radius 3 is 2.56 bits per heavy atom. The molecule has 0 aliphatic heterocycles. The topological polar surface area (TPSA) is 40.7 Å². The molecule has 0 unspecified atom stereocenters. The Balaban J connectivity index is 2.39. The maximum Gasteiger partial charge on any atom is 0.103 e.